The standard InChI is InChI=1S/C13H17.C7H5FO2.2ClH.Ti/c1-3-7-12-10(5-1)9-11-6-2-4-8-13(11)12;8-6-3-1-5(2-4-6)7(9)10;;;/h9H,1-8H2;1-4H,(H,9,10);2*1H;/q;;;;+3/p-3. The molecule has 0 saturated heterocycles. The second-order valence-electron chi connectivity index (χ2n) is 6.87. The number of benzene rings is 1. The maximum atomic E-state index is 13.0. The summed E-state index contributed by atoms with van der Waals surface area (Å²) in [6, 6.07) is 5.65. The molecule has 0 saturated carbocycles. The molecule has 1 aromatic rings. The van der Waals surface area contributed by atoms with Crippen molar-refractivity contribution >= 4 is 5.97 Å². The minimum Gasteiger partial charge on any atom is -1.00 e. The molecule has 0 N–H and O–H groups in total. The number of fused-ring (bicyclic) bond motifs is 1. The van der Waals surface area contributed by atoms with E-state index in [2.05, 4.69) is 0 Å². The van der Waals surface area contributed by atoms with Crippen molar-refractivity contribution in [2.24, 2.45) is 0 Å². The summed E-state index contributed by atoms with van der Waals surface area (Å²) in [5.74, 6) is -0.620. The largest absolute Gasteiger partial charge is 1.00 e. The summed E-state index contributed by atoms with van der Waals surface area (Å²) in [6.45, 7) is 0. The Morgan fingerprint density at radius 3 is 1.92 bits per heavy atom. The first-order chi connectivity index (χ1) is 11.7. The Bertz CT molecular complexity index is 696. The maximum Gasteiger partial charge on any atom is -1.00 e. The summed E-state index contributed by atoms with van der Waals surface area (Å²) < 4.78 is 19.2. The molecule has 0 fully saturated rings. The maximum absolute atomic E-state index is 13.0. The van der Waals surface area contributed by atoms with Gasteiger partial charge in [-0.15, -0.1) is 0 Å². The van der Waals surface area contributed by atoms with E-state index in [1.165, 1.54) is 75.6 Å². The molecule has 1 aromatic carbocycles. The zero-order chi connectivity index (χ0) is 16.5. The molecule has 0 radical (unpaired) electrons. The second-order valence-corrected chi connectivity index (χ2v) is 8.46. The first kappa shape index (κ1) is 21.7. The van der Waals surface area contributed by atoms with Gasteiger partial charge in [0, 0.05) is 0 Å². The average Bonchev–Trinajstić information content (AvgIpc) is 2.94. The van der Waals surface area contributed by atoms with Crippen molar-refractivity contribution in [1.29, 1.82) is 0 Å². The number of carbonyl (C=O) groups excluding carboxylic acids is 1. The summed E-state index contributed by atoms with van der Waals surface area (Å²) in [6.07, 6.45) is 9.97. The van der Waals surface area contributed by atoms with E-state index < -0.39 is 19.5 Å². The molecule has 0 bridgehead atoms. The van der Waals surface area contributed by atoms with Crippen LogP contribution in [0.25, 0.3) is 0 Å². The van der Waals surface area contributed by atoms with Gasteiger partial charge in [0.2, 0.25) is 0 Å². The van der Waals surface area contributed by atoms with Crippen molar-refractivity contribution < 1.29 is 56.9 Å². The van der Waals surface area contributed by atoms with Gasteiger partial charge in [0.25, 0.3) is 0 Å². The minimum atomic E-state index is -0.859. The summed E-state index contributed by atoms with van der Waals surface area (Å²) >= 11 is -0.859. The van der Waals surface area contributed by atoms with Gasteiger partial charge in [-0.25, -0.2) is 0 Å². The smallest absolute Gasteiger partial charge is 1.00 e. The van der Waals surface area contributed by atoms with E-state index in [0.717, 1.165) is 0 Å². The van der Waals surface area contributed by atoms with Crippen LogP contribution in [0.5, 0.6) is 0 Å². The Hall–Kier alpha value is -0.606. The molecule has 26 heavy (non-hydrogen) atoms. The number of allylic oxidation sites excluding steroid dienone is 4. The van der Waals surface area contributed by atoms with Gasteiger partial charge in [0.1, 0.15) is 0 Å². The van der Waals surface area contributed by atoms with Gasteiger partial charge in [-0.2, -0.15) is 0 Å². The Balaban J connectivity index is 0.00000121. The first-order valence-corrected chi connectivity index (χ1v) is 10.4. The fraction of sp³-hybridized carbons (Fsp3) is 0.450. The minimum absolute atomic E-state index is 0. The number of rotatable bonds is 3. The topological polar surface area (TPSA) is 26.3 Å². The molecule has 0 aliphatic heterocycles. The van der Waals surface area contributed by atoms with Crippen molar-refractivity contribution in [3.05, 3.63) is 57.9 Å². The third kappa shape index (κ3) is 4.27. The van der Waals surface area contributed by atoms with Crippen LogP contribution in [-0.2, 0) is 22.9 Å². The fourth-order valence-corrected chi connectivity index (χ4v) is 6.27. The van der Waals surface area contributed by atoms with E-state index in [1.54, 1.807) is 22.3 Å². The van der Waals surface area contributed by atoms with Gasteiger partial charge in [-0.1, -0.05) is 0 Å². The Labute approximate surface area is 175 Å². The zero-order valence-corrected chi connectivity index (χ0v) is 17.6. The van der Waals surface area contributed by atoms with Crippen LogP contribution in [0.4, 0.5) is 4.39 Å². The normalized spacial score (nSPS) is 19.0. The first-order valence-electron chi connectivity index (χ1n) is 8.90. The quantitative estimate of drug-likeness (QED) is 0.606. The zero-order valence-electron chi connectivity index (χ0n) is 14.5. The molecule has 0 atom stereocenters. The van der Waals surface area contributed by atoms with Crippen LogP contribution in [-0.4, -0.2) is 5.97 Å². The number of carbonyl (C=O) groups is 1. The SMILES string of the molecule is O=C([O][Ti+2][CH]1C2=C(CCCC2)C2=C1CCCC2)c1ccc(F)cc1.[Cl-].[Cl-]. The van der Waals surface area contributed by atoms with Crippen LogP contribution in [0.2, 0.25) is 4.22 Å². The second kappa shape index (κ2) is 9.55. The summed E-state index contributed by atoms with van der Waals surface area (Å²) in [4.78, 5) is 12.3. The van der Waals surface area contributed by atoms with Crippen LogP contribution < -0.4 is 24.8 Å². The Morgan fingerprint density at radius 1 is 0.885 bits per heavy atom. The molecule has 0 spiro atoms. The number of hydrogen-bond donors (Lipinski definition) is 0. The number of halogens is 3. The van der Waals surface area contributed by atoms with E-state index in [9.17, 15) is 9.18 Å². The van der Waals surface area contributed by atoms with Crippen LogP contribution >= 0.6 is 0 Å². The summed E-state index contributed by atoms with van der Waals surface area (Å²) in [7, 11) is 0. The Morgan fingerprint density at radius 2 is 1.38 bits per heavy atom. The van der Waals surface area contributed by atoms with E-state index in [4.69, 9.17) is 3.32 Å². The van der Waals surface area contributed by atoms with E-state index in [0.29, 0.717) is 9.79 Å². The average molecular weight is 431 g/mol. The molecule has 138 valence electrons. The molecule has 6 heteroatoms. The molecule has 3 aliphatic carbocycles. The number of hydrogen-bond acceptors (Lipinski definition) is 2. The fourth-order valence-electron chi connectivity index (χ4n) is 4.29. The molecule has 2 nitrogen and oxygen atoms in total. The van der Waals surface area contributed by atoms with Crippen LogP contribution in [0.3, 0.4) is 0 Å². The van der Waals surface area contributed by atoms with Crippen molar-refractivity contribution in [3.63, 3.8) is 0 Å². The summed E-state index contributed by atoms with van der Waals surface area (Å²) in [5, 5.41) is 0. The monoisotopic (exact) mass is 430 g/mol. The molecule has 0 aromatic heterocycles. The molecular formula is C20H21Cl2FO2Ti. The van der Waals surface area contributed by atoms with Gasteiger partial charge in [0.15, 0.2) is 0 Å². The van der Waals surface area contributed by atoms with Crippen molar-refractivity contribution in [3.8, 4) is 0 Å². The van der Waals surface area contributed by atoms with E-state index in [-0.39, 0.29) is 36.6 Å². The van der Waals surface area contributed by atoms with Crippen molar-refractivity contribution in [2.75, 3.05) is 0 Å². The van der Waals surface area contributed by atoms with Crippen molar-refractivity contribution in [1.82, 2.24) is 0 Å². The van der Waals surface area contributed by atoms with Gasteiger partial charge < -0.3 is 24.8 Å². The molecule has 0 amide bonds. The molecule has 0 unspecified atom stereocenters. The predicted octanol–water partition coefficient (Wildman–Crippen LogP) is -0.469. The van der Waals surface area contributed by atoms with E-state index in [1.807, 2.05) is 0 Å². The molecule has 4 rings (SSSR count). The third-order valence-electron chi connectivity index (χ3n) is 5.43. The Kier molecular flexibility index (Phi) is 7.97. The predicted molar refractivity (Wildman–Crippen MR) is 86.6 cm³/mol. The molecule has 0 heterocycles. The van der Waals surface area contributed by atoms with Gasteiger partial charge in [-0.05, 0) is 0 Å². The molecular weight excluding hydrogens is 410 g/mol. The summed E-state index contributed by atoms with van der Waals surface area (Å²) in [5.41, 5.74) is 6.90. The third-order valence-corrected chi connectivity index (χ3v) is 7.36. The van der Waals surface area contributed by atoms with Crippen LogP contribution in [0.15, 0.2) is 46.6 Å². The van der Waals surface area contributed by atoms with Crippen LogP contribution in [0, 0.1) is 5.82 Å². The molecule has 3 aliphatic rings. The van der Waals surface area contributed by atoms with Crippen LogP contribution in [0.1, 0.15) is 61.7 Å². The van der Waals surface area contributed by atoms with E-state index >= 15 is 0 Å². The van der Waals surface area contributed by atoms with Crippen molar-refractivity contribution in [2.45, 2.75) is 55.6 Å². The van der Waals surface area contributed by atoms with Gasteiger partial charge in [-0.3, -0.25) is 0 Å². The van der Waals surface area contributed by atoms with Gasteiger partial charge >= 0.3 is 152 Å². The van der Waals surface area contributed by atoms with Gasteiger partial charge in [0.05, 0.1) is 0 Å².